The van der Waals surface area contributed by atoms with E-state index in [9.17, 15) is 23.3 Å². The van der Waals surface area contributed by atoms with Crippen molar-refractivity contribution in [3.63, 3.8) is 0 Å². The molecule has 0 spiro atoms. The molecule has 0 bridgehead atoms. The van der Waals surface area contributed by atoms with Crippen molar-refractivity contribution >= 4 is 43.8 Å². The van der Waals surface area contributed by atoms with Crippen molar-refractivity contribution in [1.82, 2.24) is 0 Å². The number of hydrogen-bond donors (Lipinski definition) is 1. The van der Waals surface area contributed by atoms with Crippen LogP contribution in [0.1, 0.15) is 5.56 Å². The molecule has 8 nitrogen and oxygen atoms in total. The maximum absolute atomic E-state index is 12.7. The van der Waals surface area contributed by atoms with Crippen molar-refractivity contribution in [2.45, 2.75) is 6.92 Å². The minimum Gasteiger partial charge on any atom is -0.324 e. The third-order valence-electron chi connectivity index (χ3n) is 4.42. The van der Waals surface area contributed by atoms with E-state index in [0.717, 1.165) is 27.4 Å². The van der Waals surface area contributed by atoms with Crippen molar-refractivity contribution in [3.8, 4) is 0 Å². The first-order chi connectivity index (χ1) is 13.7. The molecular weight excluding hydrogens is 394 g/mol. The number of aryl methyl sites for hydroxylation is 1. The van der Waals surface area contributed by atoms with Crippen LogP contribution in [-0.2, 0) is 14.8 Å². The predicted octanol–water partition coefficient (Wildman–Crippen LogP) is 3.46. The van der Waals surface area contributed by atoms with Gasteiger partial charge >= 0.3 is 0 Å². The Bertz CT molecular complexity index is 1200. The Hall–Kier alpha value is -3.46. The highest BCUT2D eigenvalue weighted by Gasteiger charge is 2.24. The number of nitro groups is 1. The molecule has 0 saturated heterocycles. The Morgan fingerprint density at radius 2 is 1.79 bits per heavy atom. The summed E-state index contributed by atoms with van der Waals surface area (Å²) in [5.41, 5.74) is 0.889. The summed E-state index contributed by atoms with van der Waals surface area (Å²) in [7, 11) is -3.86. The number of carbonyl (C=O) groups is 1. The van der Waals surface area contributed by atoms with E-state index in [4.69, 9.17) is 0 Å². The van der Waals surface area contributed by atoms with Gasteiger partial charge in [-0.1, -0.05) is 42.5 Å². The second-order valence-electron chi connectivity index (χ2n) is 6.57. The van der Waals surface area contributed by atoms with Crippen LogP contribution in [0.2, 0.25) is 0 Å². The lowest BCUT2D eigenvalue weighted by Crippen LogP contribution is -2.38. The molecule has 0 saturated carbocycles. The summed E-state index contributed by atoms with van der Waals surface area (Å²) < 4.78 is 25.6. The predicted molar refractivity (Wildman–Crippen MR) is 113 cm³/mol. The number of rotatable bonds is 6. The first-order valence-electron chi connectivity index (χ1n) is 8.67. The zero-order chi connectivity index (χ0) is 21.2. The van der Waals surface area contributed by atoms with Crippen LogP contribution >= 0.6 is 0 Å². The monoisotopic (exact) mass is 413 g/mol. The lowest BCUT2D eigenvalue weighted by molar-refractivity contribution is -0.384. The molecule has 1 amide bonds. The van der Waals surface area contributed by atoms with E-state index in [-0.39, 0.29) is 11.4 Å². The van der Waals surface area contributed by atoms with Crippen LogP contribution in [0.25, 0.3) is 10.8 Å². The molecule has 0 aliphatic carbocycles. The second-order valence-corrected chi connectivity index (χ2v) is 8.48. The summed E-state index contributed by atoms with van der Waals surface area (Å²) in [5.74, 6) is -0.558. The largest absolute Gasteiger partial charge is 0.324 e. The Balaban J connectivity index is 1.93. The molecule has 0 radical (unpaired) electrons. The first-order valence-corrected chi connectivity index (χ1v) is 10.5. The van der Waals surface area contributed by atoms with Crippen LogP contribution in [0.3, 0.4) is 0 Å². The van der Waals surface area contributed by atoms with Crippen molar-refractivity contribution in [2.75, 3.05) is 22.4 Å². The van der Waals surface area contributed by atoms with Gasteiger partial charge in [-0.25, -0.2) is 8.42 Å². The fourth-order valence-electron chi connectivity index (χ4n) is 3.02. The molecule has 0 unspecified atom stereocenters. The highest BCUT2D eigenvalue weighted by atomic mass is 32.2. The maximum atomic E-state index is 12.7. The van der Waals surface area contributed by atoms with Gasteiger partial charge in [0.05, 0.1) is 16.9 Å². The molecule has 1 N–H and O–H groups in total. The number of sulfonamides is 1. The van der Waals surface area contributed by atoms with Gasteiger partial charge in [-0.3, -0.25) is 19.2 Å². The van der Waals surface area contributed by atoms with Gasteiger partial charge in [0, 0.05) is 23.2 Å². The van der Waals surface area contributed by atoms with Gasteiger partial charge in [0.25, 0.3) is 5.69 Å². The number of anilines is 2. The van der Waals surface area contributed by atoms with Crippen LogP contribution in [0.5, 0.6) is 0 Å². The summed E-state index contributed by atoms with van der Waals surface area (Å²) >= 11 is 0. The second kappa shape index (κ2) is 7.88. The molecule has 3 aromatic rings. The van der Waals surface area contributed by atoms with E-state index in [2.05, 4.69) is 5.32 Å². The van der Waals surface area contributed by atoms with Crippen LogP contribution in [0.4, 0.5) is 17.1 Å². The van der Waals surface area contributed by atoms with E-state index in [1.807, 2.05) is 30.3 Å². The third kappa shape index (κ3) is 4.52. The zero-order valence-electron chi connectivity index (χ0n) is 15.8. The van der Waals surface area contributed by atoms with E-state index in [1.54, 1.807) is 19.1 Å². The molecule has 3 aromatic carbocycles. The summed E-state index contributed by atoms with van der Waals surface area (Å²) in [6.07, 6.45) is 0.955. The van der Waals surface area contributed by atoms with Crippen LogP contribution in [-0.4, -0.2) is 32.0 Å². The standard InChI is InChI=1S/C20H19N3O5S/c1-14-10-11-16(23(25)26)12-19(14)22(29(2,27)28)13-20(24)21-18-9-5-7-15-6-3-4-8-17(15)18/h3-12H,13H2,1-2H3,(H,21,24). The summed E-state index contributed by atoms with van der Waals surface area (Å²) in [4.78, 5) is 23.1. The molecule has 3 rings (SSSR count). The Kier molecular flexibility index (Phi) is 5.51. The Morgan fingerprint density at radius 3 is 2.48 bits per heavy atom. The highest BCUT2D eigenvalue weighted by molar-refractivity contribution is 7.92. The number of hydrogen-bond acceptors (Lipinski definition) is 5. The summed E-state index contributed by atoms with van der Waals surface area (Å²) in [6.45, 7) is 1.11. The first kappa shape index (κ1) is 20.3. The van der Waals surface area contributed by atoms with E-state index >= 15 is 0 Å². The van der Waals surface area contributed by atoms with Gasteiger partial charge < -0.3 is 5.32 Å². The average molecular weight is 413 g/mol. The van der Waals surface area contributed by atoms with E-state index in [1.165, 1.54) is 12.1 Å². The smallest absolute Gasteiger partial charge is 0.271 e. The van der Waals surface area contributed by atoms with Gasteiger partial charge in [0.15, 0.2) is 0 Å². The van der Waals surface area contributed by atoms with Gasteiger partial charge in [0.1, 0.15) is 6.54 Å². The van der Waals surface area contributed by atoms with Crippen molar-refractivity contribution in [2.24, 2.45) is 0 Å². The minimum atomic E-state index is -3.86. The van der Waals surface area contributed by atoms with Gasteiger partial charge in [0.2, 0.25) is 15.9 Å². The Labute approximate surface area is 168 Å². The molecule has 9 heteroatoms. The number of non-ortho nitro benzene ring substituents is 1. The molecule has 0 atom stereocenters. The van der Waals surface area contributed by atoms with Crippen molar-refractivity contribution in [3.05, 3.63) is 76.3 Å². The fourth-order valence-corrected chi connectivity index (χ4v) is 3.92. The SMILES string of the molecule is Cc1ccc([N+](=O)[O-])cc1N(CC(=O)Nc1cccc2ccccc12)S(C)(=O)=O. The minimum absolute atomic E-state index is 0.0924. The molecule has 0 aromatic heterocycles. The quantitative estimate of drug-likeness (QED) is 0.492. The molecule has 0 aliphatic rings. The van der Waals surface area contributed by atoms with Gasteiger partial charge in [-0.15, -0.1) is 0 Å². The molecule has 0 fully saturated rings. The van der Waals surface area contributed by atoms with Gasteiger partial charge in [-0.2, -0.15) is 0 Å². The zero-order valence-corrected chi connectivity index (χ0v) is 16.6. The van der Waals surface area contributed by atoms with Crippen LogP contribution in [0, 0.1) is 17.0 Å². The number of fused-ring (bicyclic) bond motifs is 1. The van der Waals surface area contributed by atoms with Crippen molar-refractivity contribution in [1.29, 1.82) is 0 Å². The summed E-state index contributed by atoms with van der Waals surface area (Å²) in [5, 5.41) is 15.6. The normalized spacial score (nSPS) is 11.2. The van der Waals surface area contributed by atoms with Crippen LogP contribution in [0.15, 0.2) is 60.7 Å². The molecule has 0 heterocycles. The number of carbonyl (C=O) groups excluding carboxylic acids is 1. The molecule has 150 valence electrons. The van der Waals surface area contributed by atoms with Crippen molar-refractivity contribution < 1.29 is 18.1 Å². The number of nitrogens with zero attached hydrogens (tertiary/aromatic N) is 2. The number of benzene rings is 3. The van der Waals surface area contributed by atoms with E-state index in [0.29, 0.717) is 11.3 Å². The maximum Gasteiger partial charge on any atom is 0.271 e. The molecule has 0 aliphatic heterocycles. The number of nitro benzene ring substituents is 1. The average Bonchev–Trinajstić information content (AvgIpc) is 2.66. The topological polar surface area (TPSA) is 110 Å². The molecular formula is C20H19N3O5S. The van der Waals surface area contributed by atoms with Gasteiger partial charge in [-0.05, 0) is 23.9 Å². The molecule has 29 heavy (non-hydrogen) atoms. The number of amides is 1. The highest BCUT2D eigenvalue weighted by Crippen LogP contribution is 2.28. The lowest BCUT2D eigenvalue weighted by Gasteiger charge is -2.23. The lowest BCUT2D eigenvalue weighted by atomic mass is 10.1. The Morgan fingerprint density at radius 1 is 1.10 bits per heavy atom. The number of nitrogens with one attached hydrogen (secondary N) is 1. The van der Waals surface area contributed by atoms with Crippen LogP contribution < -0.4 is 9.62 Å². The van der Waals surface area contributed by atoms with E-state index < -0.39 is 27.4 Å². The summed E-state index contributed by atoms with van der Waals surface area (Å²) in [6, 6.07) is 16.8. The fraction of sp³-hybridized carbons (Fsp3) is 0.150. The third-order valence-corrected chi connectivity index (χ3v) is 5.55.